The number of cyclic esters (lactones) is 1. The summed E-state index contributed by atoms with van der Waals surface area (Å²) in [6.07, 6.45) is 2.48. The van der Waals surface area contributed by atoms with Crippen LogP contribution in [-0.4, -0.2) is 35.4 Å². The molecule has 1 N–H and O–H groups in total. The molecule has 1 saturated heterocycles. The zero-order valence-corrected chi connectivity index (χ0v) is 8.38. The fourth-order valence-corrected chi connectivity index (χ4v) is 1.49. The highest BCUT2D eigenvalue weighted by Gasteiger charge is 2.34. The van der Waals surface area contributed by atoms with Crippen LogP contribution in [-0.2, 0) is 4.74 Å². The molecule has 0 bridgehead atoms. The molecule has 0 spiro atoms. The van der Waals surface area contributed by atoms with Gasteiger partial charge in [0.2, 0.25) is 0 Å². The lowest BCUT2D eigenvalue weighted by Crippen LogP contribution is -2.44. The van der Waals surface area contributed by atoms with E-state index in [2.05, 4.69) is 15.3 Å². The Balaban J connectivity index is 2.21. The predicted molar refractivity (Wildman–Crippen MR) is 53.3 cm³/mol. The van der Waals surface area contributed by atoms with Crippen molar-refractivity contribution in [3.63, 3.8) is 0 Å². The minimum atomic E-state index is -0.375. The second kappa shape index (κ2) is 4.22. The van der Waals surface area contributed by atoms with Crippen LogP contribution in [0.5, 0.6) is 0 Å². The molecule has 15 heavy (non-hydrogen) atoms. The van der Waals surface area contributed by atoms with Gasteiger partial charge in [-0.3, -0.25) is 5.32 Å². The Bertz CT molecular complexity index is 343. The number of nitrogens with zero attached hydrogens (tertiary/aromatic N) is 3. The summed E-state index contributed by atoms with van der Waals surface area (Å²) in [5.41, 5.74) is 0. The summed E-state index contributed by atoms with van der Waals surface area (Å²) >= 11 is 0. The van der Waals surface area contributed by atoms with Gasteiger partial charge in [0.25, 0.3) is 0 Å². The van der Waals surface area contributed by atoms with Gasteiger partial charge in [0.15, 0.2) is 0 Å². The topological polar surface area (TPSA) is 67.3 Å². The highest BCUT2D eigenvalue weighted by atomic mass is 16.6. The van der Waals surface area contributed by atoms with Crippen LogP contribution in [0.4, 0.5) is 10.6 Å². The number of aromatic nitrogens is 2. The predicted octanol–water partition coefficient (Wildman–Crippen LogP) is 0.369. The first-order valence-electron chi connectivity index (χ1n) is 4.78. The van der Waals surface area contributed by atoms with E-state index < -0.39 is 0 Å². The molecular weight excluding hydrogens is 196 g/mol. The first-order chi connectivity index (χ1) is 7.33. The van der Waals surface area contributed by atoms with Crippen LogP contribution < -0.4 is 10.2 Å². The Morgan fingerprint density at radius 3 is 3.27 bits per heavy atom. The number of ether oxygens (including phenoxy) is 1. The molecule has 0 radical (unpaired) electrons. The Hall–Kier alpha value is -1.69. The minimum Gasteiger partial charge on any atom is -0.445 e. The fourth-order valence-electron chi connectivity index (χ4n) is 1.49. The number of rotatable bonds is 3. The van der Waals surface area contributed by atoms with Crippen molar-refractivity contribution in [1.82, 2.24) is 15.3 Å². The third kappa shape index (κ3) is 1.89. The van der Waals surface area contributed by atoms with Gasteiger partial charge < -0.3 is 4.74 Å². The van der Waals surface area contributed by atoms with E-state index in [-0.39, 0.29) is 12.3 Å². The van der Waals surface area contributed by atoms with Crippen molar-refractivity contribution in [1.29, 1.82) is 0 Å². The molecular formula is C9H12N4O2. The molecule has 0 saturated carbocycles. The van der Waals surface area contributed by atoms with E-state index in [4.69, 9.17) is 4.74 Å². The molecule has 1 aliphatic heterocycles. The summed E-state index contributed by atoms with van der Waals surface area (Å²) in [6, 6.07) is 1.68. The molecule has 1 aliphatic rings. The Labute approximate surface area is 87.3 Å². The van der Waals surface area contributed by atoms with Gasteiger partial charge in [-0.25, -0.2) is 19.7 Å². The Morgan fingerprint density at radius 2 is 2.60 bits per heavy atom. The molecule has 2 heterocycles. The molecule has 6 heteroatoms. The second-order valence-corrected chi connectivity index (χ2v) is 3.09. The molecule has 1 aromatic heterocycles. The monoisotopic (exact) mass is 208 g/mol. The average molecular weight is 208 g/mol. The standard InChI is InChI=1S/C9H12N4O2/c1-2-11-8-5-15-9(14)13(8)7-3-4-10-6-12-7/h3-4,6,8,11H,2,5H2,1H3. The van der Waals surface area contributed by atoms with Crippen LogP contribution in [0.25, 0.3) is 0 Å². The number of amides is 1. The molecule has 1 atom stereocenters. The summed E-state index contributed by atoms with van der Waals surface area (Å²) in [4.78, 5) is 20.8. The Kier molecular flexibility index (Phi) is 2.77. The van der Waals surface area contributed by atoms with E-state index >= 15 is 0 Å². The quantitative estimate of drug-likeness (QED) is 0.777. The van der Waals surface area contributed by atoms with Crippen LogP contribution in [0, 0.1) is 0 Å². The molecule has 1 amide bonds. The molecule has 1 aromatic rings. The number of hydrogen-bond donors (Lipinski definition) is 1. The van der Waals surface area contributed by atoms with Crippen molar-refractivity contribution in [2.24, 2.45) is 0 Å². The average Bonchev–Trinajstić information content (AvgIpc) is 2.62. The highest BCUT2D eigenvalue weighted by Crippen LogP contribution is 2.18. The Morgan fingerprint density at radius 1 is 1.73 bits per heavy atom. The van der Waals surface area contributed by atoms with E-state index in [0.29, 0.717) is 12.4 Å². The van der Waals surface area contributed by atoms with E-state index in [1.165, 1.54) is 11.2 Å². The van der Waals surface area contributed by atoms with Gasteiger partial charge in [-0.05, 0) is 12.6 Å². The van der Waals surface area contributed by atoms with Crippen molar-refractivity contribution in [3.05, 3.63) is 18.6 Å². The van der Waals surface area contributed by atoms with Gasteiger partial charge in [-0.2, -0.15) is 0 Å². The van der Waals surface area contributed by atoms with Crippen LogP contribution in [0.15, 0.2) is 18.6 Å². The van der Waals surface area contributed by atoms with Crippen molar-refractivity contribution in [2.75, 3.05) is 18.1 Å². The summed E-state index contributed by atoms with van der Waals surface area (Å²) in [5.74, 6) is 0.554. The summed E-state index contributed by atoms with van der Waals surface area (Å²) in [5, 5.41) is 3.14. The molecule has 2 rings (SSSR count). The van der Waals surface area contributed by atoms with Crippen LogP contribution in [0.1, 0.15) is 6.92 Å². The fraction of sp³-hybridized carbons (Fsp3) is 0.444. The van der Waals surface area contributed by atoms with E-state index in [9.17, 15) is 4.79 Å². The summed E-state index contributed by atoms with van der Waals surface area (Å²) < 4.78 is 4.95. The zero-order valence-electron chi connectivity index (χ0n) is 8.38. The molecule has 1 unspecified atom stereocenters. The minimum absolute atomic E-state index is 0.141. The van der Waals surface area contributed by atoms with Crippen molar-refractivity contribution in [3.8, 4) is 0 Å². The number of anilines is 1. The van der Waals surface area contributed by atoms with Crippen LogP contribution in [0.3, 0.4) is 0 Å². The first kappa shape index (κ1) is 9.85. The lowest BCUT2D eigenvalue weighted by molar-refractivity contribution is 0.177. The van der Waals surface area contributed by atoms with Gasteiger partial charge in [0.1, 0.15) is 24.9 Å². The lowest BCUT2D eigenvalue weighted by Gasteiger charge is -2.20. The number of carbonyl (C=O) groups is 1. The van der Waals surface area contributed by atoms with Gasteiger partial charge in [-0.1, -0.05) is 6.92 Å². The maximum Gasteiger partial charge on any atom is 0.417 e. The van der Waals surface area contributed by atoms with Gasteiger partial charge in [0.05, 0.1) is 0 Å². The maximum atomic E-state index is 11.5. The normalized spacial score (nSPS) is 20.5. The molecule has 0 aliphatic carbocycles. The number of carbonyl (C=O) groups excluding carboxylic acids is 1. The molecule has 80 valence electrons. The SMILES string of the molecule is CCNC1COC(=O)N1c1ccncn1. The summed E-state index contributed by atoms with van der Waals surface area (Å²) in [6.45, 7) is 3.08. The van der Waals surface area contributed by atoms with E-state index in [1.54, 1.807) is 12.3 Å². The van der Waals surface area contributed by atoms with E-state index in [1.807, 2.05) is 6.92 Å². The highest BCUT2D eigenvalue weighted by molar-refractivity contribution is 5.88. The number of likely N-dealkylation sites (N-methyl/N-ethyl adjacent to an activating group) is 1. The van der Waals surface area contributed by atoms with E-state index in [0.717, 1.165) is 6.54 Å². The van der Waals surface area contributed by atoms with Gasteiger partial charge in [-0.15, -0.1) is 0 Å². The molecule has 6 nitrogen and oxygen atoms in total. The maximum absolute atomic E-state index is 11.5. The molecule has 0 aromatic carbocycles. The zero-order chi connectivity index (χ0) is 10.7. The number of nitrogens with one attached hydrogen (secondary N) is 1. The van der Waals surface area contributed by atoms with Crippen LogP contribution >= 0.6 is 0 Å². The van der Waals surface area contributed by atoms with Gasteiger partial charge in [0, 0.05) is 6.20 Å². The first-order valence-corrected chi connectivity index (χ1v) is 4.78. The number of hydrogen-bond acceptors (Lipinski definition) is 5. The molecule has 1 fully saturated rings. The third-order valence-electron chi connectivity index (χ3n) is 2.13. The van der Waals surface area contributed by atoms with Crippen molar-refractivity contribution < 1.29 is 9.53 Å². The summed E-state index contributed by atoms with van der Waals surface area (Å²) in [7, 11) is 0. The smallest absolute Gasteiger partial charge is 0.417 e. The third-order valence-corrected chi connectivity index (χ3v) is 2.13. The van der Waals surface area contributed by atoms with Crippen molar-refractivity contribution >= 4 is 11.9 Å². The van der Waals surface area contributed by atoms with Crippen molar-refractivity contribution in [2.45, 2.75) is 13.1 Å². The largest absolute Gasteiger partial charge is 0.445 e. The van der Waals surface area contributed by atoms with Gasteiger partial charge >= 0.3 is 6.09 Å². The second-order valence-electron chi connectivity index (χ2n) is 3.09. The lowest BCUT2D eigenvalue weighted by atomic mass is 10.4. The van der Waals surface area contributed by atoms with Crippen LogP contribution in [0.2, 0.25) is 0 Å².